The lowest BCUT2D eigenvalue weighted by Gasteiger charge is -2.17. The number of hydrogen-bond donors (Lipinski definition) is 2. The van der Waals surface area contributed by atoms with E-state index >= 15 is 0 Å². The van der Waals surface area contributed by atoms with Gasteiger partial charge in [0.05, 0.1) is 5.92 Å². The van der Waals surface area contributed by atoms with Crippen molar-refractivity contribution in [3.05, 3.63) is 24.6 Å². The van der Waals surface area contributed by atoms with Crippen molar-refractivity contribution in [2.45, 2.75) is 13.8 Å². The van der Waals surface area contributed by atoms with E-state index < -0.39 is 11.9 Å². The maximum atomic E-state index is 11.1. The summed E-state index contributed by atoms with van der Waals surface area (Å²) in [7, 11) is 0. The van der Waals surface area contributed by atoms with Gasteiger partial charge in [-0.2, -0.15) is 0 Å². The van der Waals surface area contributed by atoms with E-state index in [0.29, 0.717) is 12.1 Å². The number of aromatic nitrogens is 1. The number of nitrogens with zero attached hydrogens (tertiary/aromatic N) is 1. The van der Waals surface area contributed by atoms with Gasteiger partial charge in [-0.05, 0) is 18.1 Å². The Morgan fingerprint density at radius 2 is 2.28 bits per heavy atom. The summed E-state index contributed by atoms with van der Waals surface area (Å²) < 4.78 is 5.19. The van der Waals surface area contributed by atoms with Crippen LogP contribution in [0.4, 0.5) is 5.69 Å². The van der Waals surface area contributed by atoms with Crippen molar-refractivity contribution in [1.82, 2.24) is 4.98 Å². The molecule has 2 N–H and O–H groups in total. The summed E-state index contributed by atoms with van der Waals surface area (Å²) in [5.74, 6) is -1.10. The highest BCUT2D eigenvalue weighted by molar-refractivity contribution is 5.77. The third-order valence-electron chi connectivity index (χ3n) is 2.98. The van der Waals surface area contributed by atoms with Crippen molar-refractivity contribution in [1.29, 1.82) is 0 Å². The van der Waals surface area contributed by atoms with Gasteiger partial charge in [0, 0.05) is 18.3 Å². The fraction of sp³-hybridized carbons (Fsp3) is 0.385. The quantitative estimate of drug-likeness (QED) is 0.850. The lowest BCUT2D eigenvalue weighted by atomic mass is 9.96. The number of anilines is 1. The van der Waals surface area contributed by atoms with Gasteiger partial charge in [0.1, 0.15) is 5.52 Å². The Hall–Kier alpha value is -2.04. The van der Waals surface area contributed by atoms with Crippen LogP contribution >= 0.6 is 0 Å². The molecular weight excluding hydrogens is 232 g/mol. The van der Waals surface area contributed by atoms with E-state index in [4.69, 9.17) is 9.52 Å². The number of carboxylic acids is 1. The van der Waals surface area contributed by atoms with E-state index in [1.165, 1.54) is 6.39 Å². The summed E-state index contributed by atoms with van der Waals surface area (Å²) >= 11 is 0. The predicted octanol–water partition coefficient (Wildman–Crippen LogP) is 2.60. The number of carboxylic acid groups (broad SMARTS) is 1. The number of hydrogen-bond acceptors (Lipinski definition) is 4. The molecule has 0 aliphatic heterocycles. The van der Waals surface area contributed by atoms with E-state index in [-0.39, 0.29) is 5.92 Å². The Labute approximate surface area is 105 Å². The molecule has 0 fully saturated rings. The highest BCUT2D eigenvalue weighted by Crippen LogP contribution is 2.19. The molecule has 2 rings (SSSR count). The van der Waals surface area contributed by atoms with Crippen LogP contribution in [0.3, 0.4) is 0 Å². The molecule has 0 aliphatic rings. The molecule has 0 radical (unpaired) electrons. The van der Waals surface area contributed by atoms with Crippen molar-refractivity contribution in [2.75, 3.05) is 11.9 Å². The van der Waals surface area contributed by atoms with Gasteiger partial charge in [-0.25, -0.2) is 4.98 Å². The second kappa shape index (κ2) is 5.08. The number of aliphatic carboxylic acids is 1. The fourth-order valence-corrected chi connectivity index (χ4v) is 1.80. The molecule has 0 amide bonds. The number of benzene rings is 1. The molecule has 0 aliphatic carbocycles. The van der Waals surface area contributed by atoms with Crippen molar-refractivity contribution in [3.8, 4) is 0 Å². The van der Waals surface area contributed by atoms with Crippen molar-refractivity contribution in [3.63, 3.8) is 0 Å². The van der Waals surface area contributed by atoms with Gasteiger partial charge in [-0.15, -0.1) is 0 Å². The Morgan fingerprint density at radius 3 is 2.94 bits per heavy atom. The van der Waals surface area contributed by atoms with Gasteiger partial charge in [-0.3, -0.25) is 4.79 Å². The Balaban J connectivity index is 2.06. The van der Waals surface area contributed by atoms with Crippen LogP contribution in [0.5, 0.6) is 0 Å². The minimum atomic E-state index is -0.779. The summed E-state index contributed by atoms with van der Waals surface area (Å²) in [5.41, 5.74) is 2.32. The number of oxazole rings is 1. The highest BCUT2D eigenvalue weighted by atomic mass is 16.4. The van der Waals surface area contributed by atoms with Gasteiger partial charge in [0.25, 0.3) is 0 Å². The average molecular weight is 248 g/mol. The molecule has 0 saturated carbocycles. The topological polar surface area (TPSA) is 75.4 Å². The van der Waals surface area contributed by atoms with E-state index in [0.717, 1.165) is 11.2 Å². The first kappa shape index (κ1) is 12.4. The van der Waals surface area contributed by atoms with Gasteiger partial charge in [0.15, 0.2) is 12.0 Å². The second-order valence-corrected chi connectivity index (χ2v) is 4.60. The second-order valence-electron chi connectivity index (χ2n) is 4.60. The molecule has 96 valence electrons. The number of nitrogens with one attached hydrogen (secondary N) is 1. The van der Waals surface area contributed by atoms with Crippen LogP contribution in [0.15, 0.2) is 29.0 Å². The molecule has 5 heteroatoms. The number of carbonyl (C=O) groups is 1. The molecule has 1 heterocycles. The number of fused-ring (bicyclic) bond motifs is 1. The monoisotopic (exact) mass is 248 g/mol. The van der Waals surface area contributed by atoms with Gasteiger partial charge >= 0.3 is 5.97 Å². The Morgan fingerprint density at radius 1 is 1.50 bits per heavy atom. The molecule has 0 bridgehead atoms. The lowest BCUT2D eigenvalue weighted by molar-refractivity contribution is -0.142. The van der Waals surface area contributed by atoms with Crippen LogP contribution in [0, 0.1) is 11.8 Å². The molecule has 2 aromatic rings. The lowest BCUT2D eigenvalue weighted by Crippen LogP contribution is -2.27. The van der Waals surface area contributed by atoms with Crippen LogP contribution < -0.4 is 5.32 Å². The third kappa shape index (κ3) is 2.61. The van der Waals surface area contributed by atoms with Crippen molar-refractivity contribution < 1.29 is 14.3 Å². The fourth-order valence-electron chi connectivity index (χ4n) is 1.80. The molecule has 0 spiro atoms. The summed E-state index contributed by atoms with van der Waals surface area (Å²) in [4.78, 5) is 15.1. The third-order valence-corrected chi connectivity index (χ3v) is 2.98. The zero-order valence-electron chi connectivity index (χ0n) is 10.4. The highest BCUT2D eigenvalue weighted by Gasteiger charge is 2.20. The van der Waals surface area contributed by atoms with Crippen molar-refractivity contribution >= 4 is 22.8 Å². The molecule has 1 atom stereocenters. The van der Waals surface area contributed by atoms with Gasteiger partial charge in [0.2, 0.25) is 0 Å². The normalized spacial score (nSPS) is 12.8. The molecule has 5 nitrogen and oxygen atoms in total. The first-order valence-electron chi connectivity index (χ1n) is 5.88. The van der Waals surface area contributed by atoms with Crippen LogP contribution in [0.2, 0.25) is 0 Å². The van der Waals surface area contributed by atoms with Gasteiger partial charge in [-0.1, -0.05) is 13.8 Å². The first-order chi connectivity index (χ1) is 8.58. The van der Waals surface area contributed by atoms with E-state index in [1.807, 2.05) is 32.0 Å². The average Bonchev–Trinajstić information content (AvgIpc) is 2.75. The minimum Gasteiger partial charge on any atom is -0.481 e. The van der Waals surface area contributed by atoms with E-state index in [9.17, 15) is 4.79 Å². The smallest absolute Gasteiger partial charge is 0.308 e. The van der Waals surface area contributed by atoms with Crippen LogP contribution in [0.1, 0.15) is 13.8 Å². The summed E-state index contributed by atoms with van der Waals surface area (Å²) in [5, 5.41) is 12.2. The summed E-state index contributed by atoms with van der Waals surface area (Å²) in [6, 6.07) is 5.53. The Kier molecular flexibility index (Phi) is 3.50. The maximum absolute atomic E-state index is 11.1. The van der Waals surface area contributed by atoms with Gasteiger partial charge < -0.3 is 14.8 Å². The van der Waals surface area contributed by atoms with Crippen LogP contribution in [0.25, 0.3) is 11.1 Å². The molecule has 0 saturated heterocycles. The van der Waals surface area contributed by atoms with Crippen LogP contribution in [-0.4, -0.2) is 22.6 Å². The minimum absolute atomic E-state index is 0.0870. The SMILES string of the molecule is CC(C)C(CNc1ccc2ncoc2c1)C(=O)O. The predicted molar refractivity (Wildman–Crippen MR) is 68.5 cm³/mol. The molecule has 1 unspecified atom stereocenters. The summed E-state index contributed by atoms with van der Waals surface area (Å²) in [6.45, 7) is 4.20. The molecule has 1 aromatic carbocycles. The summed E-state index contributed by atoms with van der Waals surface area (Å²) in [6.07, 6.45) is 1.39. The zero-order valence-corrected chi connectivity index (χ0v) is 10.4. The van der Waals surface area contributed by atoms with Crippen molar-refractivity contribution in [2.24, 2.45) is 11.8 Å². The molecule has 1 aromatic heterocycles. The zero-order chi connectivity index (χ0) is 13.1. The van der Waals surface area contributed by atoms with Crippen LogP contribution in [-0.2, 0) is 4.79 Å². The van der Waals surface area contributed by atoms with E-state index in [2.05, 4.69) is 10.3 Å². The molecular formula is C13H16N2O3. The number of rotatable bonds is 5. The molecule has 18 heavy (non-hydrogen) atoms. The van der Waals surface area contributed by atoms with E-state index in [1.54, 1.807) is 0 Å². The standard InChI is InChI=1S/C13H16N2O3/c1-8(2)10(13(16)17)6-14-9-3-4-11-12(5-9)18-7-15-11/h3-5,7-8,10,14H,6H2,1-2H3,(H,16,17). The largest absolute Gasteiger partial charge is 0.481 e. The first-order valence-corrected chi connectivity index (χ1v) is 5.88. The maximum Gasteiger partial charge on any atom is 0.308 e. The Bertz CT molecular complexity index is 548.